The number of carbonyl (C=O) groups excluding carboxylic acids is 1. The van der Waals surface area contributed by atoms with E-state index in [-0.39, 0.29) is 12.5 Å². The van der Waals surface area contributed by atoms with Gasteiger partial charge in [0.05, 0.1) is 6.10 Å². The van der Waals surface area contributed by atoms with Crippen molar-refractivity contribution in [1.82, 2.24) is 5.32 Å². The lowest BCUT2D eigenvalue weighted by Crippen LogP contribution is -2.27. The van der Waals surface area contributed by atoms with E-state index in [1.165, 1.54) is 0 Å². The number of hydrogen-bond acceptors (Lipinski definition) is 2. The second-order valence-electron chi connectivity index (χ2n) is 3.62. The van der Waals surface area contributed by atoms with Crippen LogP contribution in [0.3, 0.4) is 0 Å². The number of nitrogens with one attached hydrogen (secondary N) is 1. The maximum Gasteiger partial charge on any atom is 0.220 e. The minimum atomic E-state index is -0.645. The van der Waals surface area contributed by atoms with Crippen molar-refractivity contribution in [3.05, 3.63) is 34.3 Å². The number of amides is 1. The first kappa shape index (κ1) is 13.2. The van der Waals surface area contributed by atoms with Crippen LogP contribution in [0.15, 0.2) is 28.7 Å². The van der Waals surface area contributed by atoms with E-state index in [1.54, 1.807) is 0 Å². The second-order valence-corrected chi connectivity index (χ2v) is 4.54. The molecule has 0 aliphatic rings. The van der Waals surface area contributed by atoms with Gasteiger partial charge >= 0.3 is 0 Å². The van der Waals surface area contributed by atoms with Crippen LogP contribution in [0.2, 0.25) is 0 Å². The van der Waals surface area contributed by atoms with Crippen molar-refractivity contribution in [3.63, 3.8) is 0 Å². The largest absolute Gasteiger partial charge is 0.387 e. The minimum Gasteiger partial charge on any atom is -0.387 e. The molecule has 0 aliphatic carbocycles. The molecule has 2 N–H and O–H groups in total. The predicted octanol–water partition coefficient (Wildman–Crippen LogP) is 2.40. The Kier molecular flexibility index (Phi) is 5.49. The minimum absolute atomic E-state index is 0.0151. The summed E-state index contributed by atoms with van der Waals surface area (Å²) in [7, 11) is 0. The van der Waals surface area contributed by atoms with Crippen molar-refractivity contribution in [3.8, 4) is 0 Å². The van der Waals surface area contributed by atoms with E-state index < -0.39 is 6.10 Å². The summed E-state index contributed by atoms with van der Waals surface area (Å²) >= 11 is 3.33. The van der Waals surface area contributed by atoms with Gasteiger partial charge in [0.25, 0.3) is 0 Å². The summed E-state index contributed by atoms with van der Waals surface area (Å²) in [6, 6.07) is 7.40. The van der Waals surface area contributed by atoms with Crippen molar-refractivity contribution in [1.29, 1.82) is 0 Å². The van der Waals surface area contributed by atoms with Crippen LogP contribution in [0.1, 0.15) is 31.4 Å². The highest BCUT2D eigenvalue weighted by Crippen LogP contribution is 2.16. The monoisotopic (exact) mass is 285 g/mol. The Morgan fingerprint density at radius 2 is 2.06 bits per heavy atom. The lowest BCUT2D eigenvalue weighted by molar-refractivity contribution is -0.121. The Morgan fingerprint density at radius 3 is 2.62 bits per heavy atom. The highest BCUT2D eigenvalue weighted by Gasteiger charge is 2.08. The molecule has 0 radical (unpaired) electrons. The number of benzene rings is 1. The van der Waals surface area contributed by atoms with Gasteiger partial charge in [0, 0.05) is 17.4 Å². The third-order valence-corrected chi connectivity index (χ3v) is 2.75. The van der Waals surface area contributed by atoms with Gasteiger partial charge in [0.15, 0.2) is 0 Å². The number of aliphatic hydroxyl groups is 1. The van der Waals surface area contributed by atoms with E-state index in [1.807, 2.05) is 31.2 Å². The molecule has 1 amide bonds. The standard InChI is InChI=1S/C12H16BrNO2/c1-2-3-12(16)14-8-11(15)9-4-6-10(13)7-5-9/h4-7,11,15H,2-3,8H2,1H3,(H,14,16). The van der Waals surface area contributed by atoms with Gasteiger partial charge in [-0.2, -0.15) is 0 Å². The zero-order valence-corrected chi connectivity index (χ0v) is 10.8. The van der Waals surface area contributed by atoms with Crippen LogP contribution in [-0.2, 0) is 4.79 Å². The Labute approximate surface area is 104 Å². The highest BCUT2D eigenvalue weighted by atomic mass is 79.9. The maximum atomic E-state index is 11.2. The van der Waals surface area contributed by atoms with Crippen LogP contribution >= 0.6 is 15.9 Å². The molecule has 0 fully saturated rings. The smallest absolute Gasteiger partial charge is 0.220 e. The lowest BCUT2D eigenvalue weighted by Gasteiger charge is -2.12. The Hall–Kier alpha value is -0.870. The van der Waals surface area contributed by atoms with Gasteiger partial charge in [0.2, 0.25) is 5.91 Å². The van der Waals surface area contributed by atoms with Gasteiger partial charge in [-0.1, -0.05) is 35.0 Å². The molecule has 0 bridgehead atoms. The number of rotatable bonds is 5. The zero-order chi connectivity index (χ0) is 12.0. The van der Waals surface area contributed by atoms with E-state index in [0.717, 1.165) is 16.5 Å². The number of carbonyl (C=O) groups is 1. The first-order valence-corrected chi connectivity index (χ1v) is 6.13. The predicted molar refractivity (Wildman–Crippen MR) is 67.0 cm³/mol. The Bertz CT molecular complexity index is 337. The molecule has 1 rings (SSSR count). The molecule has 1 atom stereocenters. The molecule has 16 heavy (non-hydrogen) atoms. The van der Waals surface area contributed by atoms with Crippen LogP contribution in [-0.4, -0.2) is 17.6 Å². The van der Waals surface area contributed by atoms with Crippen molar-refractivity contribution >= 4 is 21.8 Å². The fourth-order valence-electron chi connectivity index (χ4n) is 1.33. The molecule has 1 aromatic carbocycles. The van der Waals surface area contributed by atoms with Gasteiger partial charge in [-0.05, 0) is 24.1 Å². The summed E-state index contributed by atoms with van der Waals surface area (Å²) in [5.41, 5.74) is 0.806. The molecule has 88 valence electrons. The molecule has 0 saturated carbocycles. The molecule has 1 aromatic rings. The van der Waals surface area contributed by atoms with Gasteiger partial charge < -0.3 is 10.4 Å². The quantitative estimate of drug-likeness (QED) is 0.873. The fraction of sp³-hybridized carbons (Fsp3) is 0.417. The van der Waals surface area contributed by atoms with Crippen molar-refractivity contribution < 1.29 is 9.90 Å². The summed E-state index contributed by atoms with van der Waals surface area (Å²) in [6.07, 6.45) is 0.682. The van der Waals surface area contributed by atoms with Crippen LogP contribution in [0.4, 0.5) is 0 Å². The molecular formula is C12H16BrNO2. The van der Waals surface area contributed by atoms with E-state index in [2.05, 4.69) is 21.2 Å². The molecule has 0 heterocycles. The SMILES string of the molecule is CCCC(=O)NCC(O)c1ccc(Br)cc1. The Morgan fingerprint density at radius 1 is 1.44 bits per heavy atom. The normalized spacial score (nSPS) is 12.2. The molecule has 0 spiro atoms. The average molecular weight is 286 g/mol. The molecule has 0 aromatic heterocycles. The first-order valence-electron chi connectivity index (χ1n) is 5.33. The number of hydrogen-bond donors (Lipinski definition) is 2. The Balaban J connectivity index is 2.43. The van der Waals surface area contributed by atoms with Crippen LogP contribution in [0.5, 0.6) is 0 Å². The van der Waals surface area contributed by atoms with Crippen molar-refractivity contribution in [2.24, 2.45) is 0 Å². The van der Waals surface area contributed by atoms with E-state index in [4.69, 9.17) is 0 Å². The third-order valence-electron chi connectivity index (χ3n) is 2.22. The van der Waals surface area contributed by atoms with Crippen LogP contribution in [0.25, 0.3) is 0 Å². The number of halogens is 1. The fourth-order valence-corrected chi connectivity index (χ4v) is 1.59. The molecule has 0 saturated heterocycles. The topological polar surface area (TPSA) is 49.3 Å². The van der Waals surface area contributed by atoms with Crippen LogP contribution in [0, 0.1) is 0 Å². The molecule has 3 nitrogen and oxygen atoms in total. The molecule has 1 unspecified atom stereocenters. The van der Waals surface area contributed by atoms with Gasteiger partial charge in [-0.15, -0.1) is 0 Å². The van der Waals surface area contributed by atoms with E-state index >= 15 is 0 Å². The van der Waals surface area contributed by atoms with Crippen molar-refractivity contribution in [2.45, 2.75) is 25.9 Å². The van der Waals surface area contributed by atoms with Gasteiger partial charge in [0.1, 0.15) is 0 Å². The van der Waals surface area contributed by atoms with E-state index in [9.17, 15) is 9.90 Å². The molecule has 4 heteroatoms. The summed E-state index contributed by atoms with van der Waals surface area (Å²) in [5.74, 6) is -0.0151. The van der Waals surface area contributed by atoms with E-state index in [0.29, 0.717) is 6.42 Å². The van der Waals surface area contributed by atoms with Gasteiger partial charge in [-0.25, -0.2) is 0 Å². The number of aliphatic hydroxyl groups excluding tert-OH is 1. The average Bonchev–Trinajstić information content (AvgIpc) is 2.27. The van der Waals surface area contributed by atoms with Crippen LogP contribution < -0.4 is 5.32 Å². The summed E-state index contributed by atoms with van der Waals surface area (Å²) in [5, 5.41) is 12.5. The maximum absolute atomic E-state index is 11.2. The molecule has 0 aliphatic heterocycles. The summed E-state index contributed by atoms with van der Waals surface area (Å²) in [6.45, 7) is 2.21. The molecular weight excluding hydrogens is 270 g/mol. The van der Waals surface area contributed by atoms with Crippen molar-refractivity contribution in [2.75, 3.05) is 6.54 Å². The summed E-state index contributed by atoms with van der Waals surface area (Å²) in [4.78, 5) is 11.2. The highest BCUT2D eigenvalue weighted by molar-refractivity contribution is 9.10. The van der Waals surface area contributed by atoms with Gasteiger partial charge in [-0.3, -0.25) is 4.79 Å². The lowest BCUT2D eigenvalue weighted by atomic mass is 10.1. The second kappa shape index (κ2) is 6.66. The zero-order valence-electron chi connectivity index (χ0n) is 9.24. The summed E-state index contributed by atoms with van der Waals surface area (Å²) < 4.78 is 0.971. The first-order chi connectivity index (χ1) is 7.63. The third kappa shape index (κ3) is 4.33.